The lowest BCUT2D eigenvalue weighted by molar-refractivity contribution is 0.568. The second-order valence-corrected chi connectivity index (χ2v) is 18.4. The van der Waals surface area contributed by atoms with Crippen molar-refractivity contribution in [1.29, 1.82) is 0 Å². The number of benzene rings is 3. The van der Waals surface area contributed by atoms with Crippen LogP contribution < -0.4 is 0 Å². The molecule has 0 N–H and O–H groups in total. The molecule has 2 unspecified atom stereocenters. The first kappa shape index (κ1) is 34.1. The average molecular weight is 642 g/mol. The first-order valence-electron chi connectivity index (χ1n) is 16.9. The number of fused-ring (bicyclic) bond motifs is 3. The van der Waals surface area contributed by atoms with Gasteiger partial charge in [0.15, 0.2) is 0 Å². The van der Waals surface area contributed by atoms with Gasteiger partial charge < -0.3 is 0 Å². The predicted octanol–water partition coefficient (Wildman–Crippen LogP) is 13.5. The summed E-state index contributed by atoms with van der Waals surface area (Å²) in [6, 6.07) is 14.2. The van der Waals surface area contributed by atoms with Crippen LogP contribution in [0.15, 0.2) is 54.6 Å². The summed E-state index contributed by atoms with van der Waals surface area (Å²) in [7, 11) is 0. The largest absolute Gasteiger partial charge is 0.112 e. The van der Waals surface area contributed by atoms with Gasteiger partial charge in [-0.2, -0.15) is 0 Å². The van der Waals surface area contributed by atoms with Crippen molar-refractivity contribution in [3.05, 3.63) is 110 Å². The van der Waals surface area contributed by atoms with E-state index in [1.807, 2.05) is 0 Å². The topological polar surface area (TPSA) is 0 Å². The highest BCUT2D eigenvalue weighted by atomic mass is 35.5. The van der Waals surface area contributed by atoms with Crippen LogP contribution in [0.2, 0.25) is 5.02 Å². The van der Waals surface area contributed by atoms with Gasteiger partial charge in [0, 0.05) is 11.5 Å². The van der Waals surface area contributed by atoms with Crippen LogP contribution in [0, 0.1) is 0 Å². The molecule has 3 aromatic carbocycles. The van der Waals surface area contributed by atoms with E-state index in [2.05, 4.69) is 145 Å². The Bertz CT molecular complexity index is 1670. The van der Waals surface area contributed by atoms with E-state index in [0.29, 0.717) is 0 Å². The van der Waals surface area contributed by atoms with Crippen LogP contribution in [0.3, 0.4) is 0 Å². The number of allylic oxidation sites excluding steroid dienone is 4. The summed E-state index contributed by atoms with van der Waals surface area (Å²) in [5.74, 6) is 0.110. The molecule has 0 aromatic heterocycles. The quantitative estimate of drug-likeness (QED) is 0.249. The molecule has 2 heteroatoms. The van der Waals surface area contributed by atoms with Crippen molar-refractivity contribution >= 4 is 28.8 Å². The minimum atomic E-state index is -0.262. The molecule has 3 aromatic rings. The van der Waals surface area contributed by atoms with Crippen molar-refractivity contribution in [3.63, 3.8) is 0 Å². The summed E-state index contributed by atoms with van der Waals surface area (Å²) >= 11 is 15.1. The first-order valence-corrected chi connectivity index (χ1v) is 17.7. The summed E-state index contributed by atoms with van der Waals surface area (Å²) in [5, 5.41) is 0.585. The van der Waals surface area contributed by atoms with E-state index < -0.39 is 0 Å². The average Bonchev–Trinajstić information content (AvgIpc) is 3.51. The second-order valence-electron chi connectivity index (χ2n) is 17.6. The van der Waals surface area contributed by atoms with Crippen LogP contribution in [0.4, 0.5) is 0 Å². The highest BCUT2D eigenvalue weighted by Crippen LogP contribution is 2.58. The molecule has 0 amide bonds. The van der Waals surface area contributed by atoms with Crippen molar-refractivity contribution in [2.75, 3.05) is 0 Å². The molecule has 0 aliphatic heterocycles. The van der Waals surface area contributed by atoms with Gasteiger partial charge in [-0.25, -0.2) is 0 Å². The Kier molecular flexibility index (Phi) is 8.67. The zero-order valence-corrected chi connectivity index (χ0v) is 31.5. The van der Waals surface area contributed by atoms with Crippen LogP contribution >= 0.6 is 23.2 Å². The molecule has 0 heterocycles. The summed E-state index contributed by atoms with van der Waals surface area (Å²) in [4.78, 5) is 0. The minimum Gasteiger partial charge on any atom is -0.112 e. The third-order valence-corrected chi connectivity index (χ3v) is 10.7. The van der Waals surface area contributed by atoms with E-state index in [1.165, 1.54) is 61.2 Å². The lowest BCUT2D eigenvalue weighted by atomic mass is 9.72. The number of hydrogen-bond donors (Lipinski definition) is 0. The number of hydrogen-bond acceptors (Lipinski definition) is 0. The molecule has 0 spiro atoms. The molecule has 2 aliphatic rings. The highest BCUT2D eigenvalue weighted by Gasteiger charge is 2.40. The molecule has 0 saturated carbocycles. The summed E-state index contributed by atoms with van der Waals surface area (Å²) in [5.41, 5.74) is 15.6. The molecule has 0 nitrogen and oxygen atoms in total. The van der Waals surface area contributed by atoms with Crippen molar-refractivity contribution in [2.45, 2.75) is 136 Å². The van der Waals surface area contributed by atoms with E-state index in [-0.39, 0.29) is 33.0 Å². The SMILES string of the molecule is CCCc1c2c(c(Cl)c(C(C)(C)C)c1C1C=CC=C1c1cc(C(C)(C)C)cc(C(C)(C)C)c1)C(Cl)c1cc(C(C)(C)C)ccc1-2. The van der Waals surface area contributed by atoms with Gasteiger partial charge in [0.05, 0.1) is 10.4 Å². The number of rotatable bonds is 4. The van der Waals surface area contributed by atoms with Gasteiger partial charge in [-0.1, -0.05) is 163 Å². The van der Waals surface area contributed by atoms with Crippen molar-refractivity contribution in [3.8, 4) is 11.1 Å². The molecule has 240 valence electrons. The first-order chi connectivity index (χ1) is 20.7. The van der Waals surface area contributed by atoms with Gasteiger partial charge in [-0.05, 0) is 89.3 Å². The third-order valence-electron chi connectivity index (χ3n) is 9.81. The van der Waals surface area contributed by atoms with Crippen LogP contribution in [0.5, 0.6) is 0 Å². The van der Waals surface area contributed by atoms with Gasteiger partial charge in [-0.15, -0.1) is 11.6 Å². The van der Waals surface area contributed by atoms with E-state index in [9.17, 15) is 0 Å². The van der Waals surface area contributed by atoms with Gasteiger partial charge in [-0.3, -0.25) is 0 Å². The molecular formula is C43H54Cl2. The van der Waals surface area contributed by atoms with Gasteiger partial charge in [0.25, 0.3) is 0 Å². The molecule has 0 radical (unpaired) electrons. The van der Waals surface area contributed by atoms with Crippen molar-refractivity contribution in [2.24, 2.45) is 0 Å². The van der Waals surface area contributed by atoms with E-state index >= 15 is 0 Å². The Morgan fingerprint density at radius 2 is 1.27 bits per heavy atom. The van der Waals surface area contributed by atoms with Crippen molar-refractivity contribution in [1.82, 2.24) is 0 Å². The second kappa shape index (κ2) is 11.5. The monoisotopic (exact) mass is 640 g/mol. The Balaban J connectivity index is 1.83. The zero-order chi connectivity index (χ0) is 33.4. The smallest absolute Gasteiger partial charge is 0.0862 e. The van der Waals surface area contributed by atoms with Gasteiger partial charge in [0.1, 0.15) is 0 Å². The fourth-order valence-corrected chi connectivity index (χ4v) is 8.27. The predicted molar refractivity (Wildman–Crippen MR) is 200 cm³/mol. The van der Waals surface area contributed by atoms with Gasteiger partial charge >= 0.3 is 0 Å². The van der Waals surface area contributed by atoms with Crippen molar-refractivity contribution < 1.29 is 0 Å². The molecule has 0 saturated heterocycles. The molecule has 0 bridgehead atoms. The third kappa shape index (κ3) is 6.12. The summed E-state index contributed by atoms with van der Waals surface area (Å²) in [6.45, 7) is 29.9. The van der Waals surface area contributed by atoms with Crippen LogP contribution in [0.25, 0.3) is 16.7 Å². The number of alkyl halides is 1. The Labute approximate surface area is 284 Å². The molecule has 2 aliphatic carbocycles. The van der Waals surface area contributed by atoms with E-state index in [1.54, 1.807) is 0 Å². The molecule has 5 rings (SSSR count). The Hall–Kier alpha value is -2.28. The maximum atomic E-state index is 7.65. The highest BCUT2D eigenvalue weighted by molar-refractivity contribution is 6.35. The minimum absolute atomic E-state index is 0.0417. The van der Waals surface area contributed by atoms with Crippen LogP contribution in [-0.2, 0) is 28.1 Å². The molecule has 45 heavy (non-hydrogen) atoms. The van der Waals surface area contributed by atoms with E-state index in [0.717, 1.165) is 23.4 Å². The normalized spacial score (nSPS) is 18.3. The maximum Gasteiger partial charge on any atom is 0.0862 e. The summed E-state index contributed by atoms with van der Waals surface area (Å²) in [6.07, 6.45) is 9.04. The van der Waals surface area contributed by atoms with Crippen LogP contribution in [0.1, 0.15) is 158 Å². The standard InChI is InChI=1S/C43H54Cl2/c1-14-16-32-34-31-20-19-26(40(2,3)4)24-33(31)38(44)36(34)39(45)37(43(11,12)13)35(32)30-18-15-17-29(30)25-21-27(41(5,6)7)23-28(22-25)42(8,9)10/h15,17-24,30,38H,14,16H2,1-13H3. The maximum absolute atomic E-state index is 7.65. The van der Waals surface area contributed by atoms with Gasteiger partial charge in [0.2, 0.25) is 0 Å². The molecule has 0 fully saturated rings. The molecule has 2 atom stereocenters. The summed E-state index contributed by atoms with van der Waals surface area (Å²) < 4.78 is 0. The van der Waals surface area contributed by atoms with Crippen LogP contribution in [-0.4, -0.2) is 0 Å². The fraction of sp³-hybridized carbons (Fsp3) is 0.488. The Morgan fingerprint density at radius 3 is 1.78 bits per heavy atom. The lowest BCUT2D eigenvalue weighted by Gasteiger charge is -2.33. The number of halogens is 2. The van der Waals surface area contributed by atoms with E-state index in [4.69, 9.17) is 23.2 Å². The Morgan fingerprint density at radius 1 is 0.689 bits per heavy atom. The zero-order valence-electron chi connectivity index (χ0n) is 30.0. The lowest BCUT2D eigenvalue weighted by Crippen LogP contribution is -2.21. The molecular weight excluding hydrogens is 587 g/mol. The fourth-order valence-electron chi connectivity index (χ4n) is 7.23.